The average Bonchev–Trinajstić information content (AvgIpc) is 2.30. The molecule has 0 radical (unpaired) electrons. The van der Waals surface area contributed by atoms with Crippen molar-refractivity contribution < 1.29 is 4.79 Å². The first-order chi connectivity index (χ1) is 7.76. The molecule has 0 aliphatic heterocycles. The van der Waals surface area contributed by atoms with E-state index in [2.05, 4.69) is 18.8 Å². The summed E-state index contributed by atoms with van der Waals surface area (Å²) in [6.07, 6.45) is 4.40. The summed E-state index contributed by atoms with van der Waals surface area (Å²) in [5.41, 5.74) is 2.12. The maximum atomic E-state index is 11.5. The van der Waals surface area contributed by atoms with E-state index in [0.29, 0.717) is 6.42 Å². The quantitative estimate of drug-likeness (QED) is 0.729. The van der Waals surface area contributed by atoms with Crippen LogP contribution in [0.3, 0.4) is 0 Å². The highest BCUT2D eigenvalue weighted by molar-refractivity contribution is 5.78. The molecule has 1 N–H and O–H groups in total. The van der Waals surface area contributed by atoms with Gasteiger partial charge in [0.15, 0.2) is 0 Å². The molecule has 16 heavy (non-hydrogen) atoms. The Hall–Kier alpha value is -1.57. The number of carbonyl (C=O) groups excluding carboxylic acids is 1. The molecule has 1 aromatic rings. The highest BCUT2D eigenvalue weighted by Gasteiger charge is 2.01. The molecule has 2 nitrogen and oxygen atoms in total. The number of hydrogen-bond acceptors (Lipinski definition) is 1. The van der Waals surface area contributed by atoms with E-state index in [4.69, 9.17) is 0 Å². The summed E-state index contributed by atoms with van der Waals surface area (Å²) in [6.45, 7) is 6.58. The van der Waals surface area contributed by atoms with Crippen molar-refractivity contribution in [2.24, 2.45) is 0 Å². The van der Waals surface area contributed by atoms with Crippen LogP contribution >= 0.6 is 0 Å². The lowest BCUT2D eigenvalue weighted by Crippen LogP contribution is -2.25. The molecule has 0 saturated heterocycles. The SMILES string of the molecule is C=Cc1ccc(CC(=O)NCCCC)cc1. The minimum Gasteiger partial charge on any atom is -0.356 e. The predicted molar refractivity (Wildman–Crippen MR) is 68.2 cm³/mol. The van der Waals surface area contributed by atoms with E-state index in [-0.39, 0.29) is 5.91 Å². The topological polar surface area (TPSA) is 29.1 Å². The Labute approximate surface area is 97.4 Å². The fourth-order valence-corrected chi connectivity index (χ4v) is 1.42. The fourth-order valence-electron chi connectivity index (χ4n) is 1.42. The fraction of sp³-hybridized carbons (Fsp3) is 0.357. The van der Waals surface area contributed by atoms with Gasteiger partial charge in [0.05, 0.1) is 6.42 Å². The first kappa shape index (κ1) is 12.5. The molecular formula is C14H19NO. The Kier molecular flexibility index (Phi) is 5.34. The van der Waals surface area contributed by atoms with Gasteiger partial charge in [0.1, 0.15) is 0 Å². The Morgan fingerprint density at radius 3 is 2.62 bits per heavy atom. The molecule has 0 bridgehead atoms. The molecule has 2 heteroatoms. The second-order valence-corrected chi connectivity index (χ2v) is 3.83. The summed E-state index contributed by atoms with van der Waals surface area (Å²) < 4.78 is 0. The molecule has 0 aliphatic rings. The lowest BCUT2D eigenvalue weighted by Gasteiger charge is -2.04. The molecule has 0 aliphatic carbocycles. The van der Waals surface area contributed by atoms with E-state index < -0.39 is 0 Å². The van der Waals surface area contributed by atoms with Crippen LogP contribution < -0.4 is 5.32 Å². The van der Waals surface area contributed by atoms with Crippen LogP contribution in [0.5, 0.6) is 0 Å². The lowest BCUT2D eigenvalue weighted by molar-refractivity contribution is -0.120. The maximum absolute atomic E-state index is 11.5. The molecule has 86 valence electrons. The molecule has 1 rings (SSSR count). The molecule has 0 unspecified atom stereocenters. The summed E-state index contributed by atoms with van der Waals surface area (Å²) in [5, 5.41) is 2.90. The summed E-state index contributed by atoms with van der Waals surface area (Å²) in [6, 6.07) is 7.89. The van der Waals surface area contributed by atoms with Gasteiger partial charge in [-0.3, -0.25) is 4.79 Å². The van der Waals surface area contributed by atoms with Crippen molar-refractivity contribution in [2.45, 2.75) is 26.2 Å². The van der Waals surface area contributed by atoms with Crippen LogP contribution in [0.4, 0.5) is 0 Å². The number of rotatable bonds is 6. The van der Waals surface area contributed by atoms with Gasteiger partial charge >= 0.3 is 0 Å². The molecular weight excluding hydrogens is 198 g/mol. The van der Waals surface area contributed by atoms with Gasteiger partial charge in [-0.15, -0.1) is 0 Å². The highest BCUT2D eigenvalue weighted by Crippen LogP contribution is 2.05. The first-order valence-electron chi connectivity index (χ1n) is 5.74. The largest absolute Gasteiger partial charge is 0.356 e. The van der Waals surface area contributed by atoms with Crippen LogP contribution in [-0.2, 0) is 11.2 Å². The van der Waals surface area contributed by atoms with Crippen molar-refractivity contribution in [2.75, 3.05) is 6.54 Å². The van der Waals surface area contributed by atoms with E-state index in [1.165, 1.54) is 0 Å². The number of nitrogens with one attached hydrogen (secondary N) is 1. The molecule has 0 atom stereocenters. The monoisotopic (exact) mass is 217 g/mol. The van der Waals surface area contributed by atoms with E-state index in [1.54, 1.807) is 6.08 Å². The van der Waals surface area contributed by atoms with Crippen LogP contribution in [0, 0.1) is 0 Å². The Morgan fingerprint density at radius 1 is 1.38 bits per heavy atom. The van der Waals surface area contributed by atoms with Gasteiger partial charge in [0.2, 0.25) is 5.91 Å². The lowest BCUT2D eigenvalue weighted by atomic mass is 10.1. The third-order valence-corrected chi connectivity index (χ3v) is 2.43. The molecule has 1 amide bonds. The number of hydrogen-bond donors (Lipinski definition) is 1. The predicted octanol–water partition coefficient (Wildman–Crippen LogP) is 2.79. The van der Waals surface area contributed by atoms with Crippen molar-refractivity contribution in [3.8, 4) is 0 Å². The maximum Gasteiger partial charge on any atom is 0.224 e. The van der Waals surface area contributed by atoms with Crippen LogP contribution in [0.15, 0.2) is 30.8 Å². The number of amides is 1. The van der Waals surface area contributed by atoms with Crippen LogP contribution in [-0.4, -0.2) is 12.5 Å². The van der Waals surface area contributed by atoms with Crippen LogP contribution in [0.2, 0.25) is 0 Å². The molecule has 0 aromatic heterocycles. The Morgan fingerprint density at radius 2 is 2.06 bits per heavy atom. The van der Waals surface area contributed by atoms with E-state index in [9.17, 15) is 4.79 Å². The summed E-state index contributed by atoms with van der Waals surface area (Å²) >= 11 is 0. The van der Waals surface area contributed by atoms with E-state index in [1.807, 2.05) is 24.3 Å². The van der Waals surface area contributed by atoms with E-state index in [0.717, 1.165) is 30.5 Å². The minimum atomic E-state index is 0.0970. The molecule has 0 fully saturated rings. The minimum absolute atomic E-state index is 0.0970. The van der Waals surface area contributed by atoms with Crippen molar-refractivity contribution in [3.05, 3.63) is 42.0 Å². The molecule has 0 saturated carbocycles. The van der Waals surface area contributed by atoms with Crippen molar-refractivity contribution >= 4 is 12.0 Å². The number of benzene rings is 1. The zero-order chi connectivity index (χ0) is 11.8. The van der Waals surface area contributed by atoms with Crippen molar-refractivity contribution in [1.82, 2.24) is 5.32 Å². The van der Waals surface area contributed by atoms with E-state index >= 15 is 0 Å². The first-order valence-corrected chi connectivity index (χ1v) is 5.74. The van der Waals surface area contributed by atoms with Gasteiger partial charge in [0, 0.05) is 6.54 Å². The second-order valence-electron chi connectivity index (χ2n) is 3.83. The number of unbranched alkanes of at least 4 members (excludes halogenated alkanes) is 1. The van der Waals surface area contributed by atoms with Gasteiger partial charge in [-0.05, 0) is 17.5 Å². The zero-order valence-electron chi connectivity index (χ0n) is 9.83. The van der Waals surface area contributed by atoms with Crippen molar-refractivity contribution in [1.29, 1.82) is 0 Å². The second kappa shape index (κ2) is 6.83. The van der Waals surface area contributed by atoms with Crippen LogP contribution in [0.1, 0.15) is 30.9 Å². The standard InChI is InChI=1S/C14H19NO/c1-3-5-10-15-14(16)11-13-8-6-12(4-2)7-9-13/h4,6-9H,2-3,5,10-11H2,1H3,(H,15,16). The summed E-state index contributed by atoms with van der Waals surface area (Å²) in [7, 11) is 0. The third kappa shape index (κ3) is 4.30. The van der Waals surface area contributed by atoms with Gasteiger partial charge < -0.3 is 5.32 Å². The highest BCUT2D eigenvalue weighted by atomic mass is 16.1. The zero-order valence-corrected chi connectivity index (χ0v) is 9.83. The van der Waals surface area contributed by atoms with Gasteiger partial charge in [-0.1, -0.05) is 50.3 Å². The average molecular weight is 217 g/mol. The smallest absolute Gasteiger partial charge is 0.224 e. The van der Waals surface area contributed by atoms with Gasteiger partial charge in [-0.2, -0.15) is 0 Å². The number of carbonyl (C=O) groups is 1. The van der Waals surface area contributed by atoms with Crippen molar-refractivity contribution in [3.63, 3.8) is 0 Å². The van der Waals surface area contributed by atoms with Crippen LogP contribution in [0.25, 0.3) is 6.08 Å². The Balaban J connectivity index is 2.40. The van der Waals surface area contributed by atoms with Gasteiger partial charge in [0.25, 0.3) is 0 Å². The summed E-state index contributed by atoms with van der Waals surface area (Å²) in [5.74, 6) is 0.0970. The Bertz CT molecular complexity index is 340. The summed E-state index contributed by atoms with van der Waals surface area (Å²) in [4.78, 5) is 11.5. The molecule has 0 heterocycles. The van der Waals surface area contributed by atoms with Gasteiger partial charge in [-0.25, -0.2) is 0 Å². The molecule has 0 spiro atoms. The molecule has 1 aromatic carbocycles. The third-order valence-electron chi connectivity index (χ3n) is 2.43. The normalized spacial score (nSPS) is 9.81.